The van der Waals surface area contributed by atoms with Gasteiger partial charge in [0, 0.05) is 12.6 Å². The average Bonchev–Trinajstić information content (AvgIpc) is 2.45. The van der Waals surface area contributed by atoms with Gasteiger partial charge in [-0.2, -0.15) is 0 Å². The van der Waals surface area contributed by atoms with E-state index in [2.05, 4.69) is 4.99 Å². The number of carbonyl (C=O) groups excluding carboxylic acids is 1. The highest BCUT2D eigenvalue weighted by molar-refractivity contribution is 5.85. The zero-order chi connectivity index (χ0) is 13.5. The second-order valence-corrected chi connectivity index (χ2v) is 4.30. The fourth-order valence-electron chi connectivity index (χ4n) is 1.78. The van der Waals surface area contributed by atoms with Crippen LogP contribution in [0.2, 0.25) is 0 Å². The van der Waals surface area contributed by atoms with E-state index < -0.39 is 11.9 Å². The maximum absolute atomic E-state index is 11.4. The number of carbonyl (C=O) groups is 1. The lowest BCUT2D eigenvalue weighted by atomic mass is 10.1. The van der Waals surface area contributed by atoms with E-state index in [9.17, 15) is 4.79 Å². The molecule has 0 aliphatic rings. The van der Waals surface area contributed by atoms with E-state index in [0.29, 0.717) is 6.42 Å². The first-order valence-corrected chi connectivity index (χ1v) is 6.17. The molecule has 2 aromatic rings. The summed E-state index contributed by atoms with van der Waals surface area (Å²) < 4.78 is 0. The van der Waals surface area contributed by atoms with Gasteiger partial charge in [-0.1, -0.05) is 60.7 Å². The third kappa shape index (κ3) is 4.07. The smallest absolute Gasteiger partial charge is 0.242 e. The van der Waals surface area contributed by atoms with Gasteiger partial charge in [0.15, 0.2) is 0 Å². The Bertz CT molecular complexity index is 549. The molecule has 0 radical (unpaired) electrons. The van der Waals surface area contributed by atoms with Crippen molar-refractivity contribution in [3.63, 3.8) is 0 Å². The second-order valence-electron chi connectivity index (χ2n) is 4.30. The van der Waals surface area contributed by atoms with Crippen LogP contribution in [0.4, 0.5) is 0 Å². The molecule has 2 aromatic carbocycles. The number of rotatable bonds is 5. The van der Waals surface area contributed by atoms with E-state index in [1.807, 2.05) is 60.7 Å². The van der Waals surface area contributed by atoms with Gasteiger partial charge in [-0.05, 0) is 11.1 Å². The van der Waals surface area contributed by atoms with Crippen molar-refractivity contribution in [2.24, 2.45) is 10.7 Å². The molecule has 0 aromatic heterocycles. The van der Waals surface area contributed by atoms with Crippen LogP contribution in [-0.2, 0) is 11.2 Å². The van der Waals surface area contributed by atoms with Crippen molar-refractivity contribution in [3.8, 4) is 0 Å². The summed E-state index contributed by atoms with van der Waals surface area (Å²) in [6.07, 6.45) is 2.22. The summed E-state index contributed by atoms with van der Waals surface area (Å²) in [5, 5.41) is 0. The number of primary amides is 1. The highest BCUT2D eigenvalue weighted by atomic mass is 16.1. The summed E-state index contributed by atoms with van der Waals surface area (Å²) in [6, 6.07) is 18.9. The van der Waals surface area contributed by atoms with Crippen molar-refractivity contribution in [2.45, 2.75) is 12.5 Å². The van der Waals surface area contributed by atoms with E-state index in [4.69, 9.17) is 5.73 Å². The van der Waals surface area contributed by atoms with Crippen molar-refractivity contribution < 1.29 is 4.79 Å². The van der Waals surface area contributed by atoms with Crippen molar-refractivity contribution >= 4 is 12.1 Å². The Kier molecular flexibility index (Phi) is 4.45. The summed E-state index contributed by atoms with van der Waals surface area (Å²) in [4.78, 5) is 15.7. The van der Waals surface area contributed by atoms with Gasteiger partial charge in [-0.3, -0.25) is 9.79 Å². The Morgan fingerprint density at radius 2 is 1.63 bits per heavy atom. The first-order valence-electron chi connectivity index (χ1n) is 6.17. The van der Waals surface area contributed by atoms with Crippen molar-refractivity contribution in [2.75, 3.05) is 0 Å². The van der Waals surface area contributed by atoms with E-state index in [0.717, 1.165) is 11.1 Å². The minimum absolute atomic E-state index is 0.406. The summed E-state index contributed by atoms with van der Waals surface area (Å²) >= 11 is 0. The third-order valence-corrected chi connectivity index (χ3v) is 2.80. The van der Waals surface area contributed by atoms with Crippen LogP contribution >= 0.6 is 0 Å². The normalized spacial score (nSPS) is 12.4. The SMILES string of the molecule is NC(=O)[C@@H](Cc1ccccc1)N=Cc1ccccc1. The number of hydrogen-bond donors (Lipinski definition) is 1. The molecule has 0 aliphatic carbocycles. The fourth-order valence-corrected chi connectivity index (χ4v) is 1.78. The van der Waals surface area contributed by atoms with Crippen molar-refractivity contribution in [1.82, 2.24) is 0 Å². The van der Waals surface area contributed by atoms with Gasteiger partial charge in [0.05, 0.1) is 0 Å². The molecule has 2 rings (SSSR count). The minimum atomic E-state index is -0.525. The zero-order valence-electron chi connectivity index (χ0n) is 10.6. The fraction of sp³-hybridized carbons (Fsp3) is 0.125. The van der Waals surface area contributed by atoms with Gasteiger partial charge >= 0.3 is 0 Å². The maximum atomic E-state index is 11.4. The number of nitrogens with two attached hydrogens (primary N) is 1. The monoisotopic (exact) mass is 252 g/mol. The van der Waals surface area contributed by atoms with E-state index >= 15 is 0 Å². The molecule has 1 amide bonds. The molecule has 0 fully saturated rings. The Morgan fingerprint density at radius 1 is 1.05 bits per heavy atom. The van der Waals surface area contributed by atoms with Gasteiger partial charge in [-0.15, -0.1) is 0 Å². The standard InChI is InChI=1S/C16H16N2O/c17-16(19)15(11-13-7-3-1-4-8-13)18-12-14-9-5-2-6-10-14/h1-10,12,15H,11H2,(H2,17,19)/t15-/m1/s1. The Labute approximate surface area is 112 Å². The van der Waals surface area contributed by atoms with Crippen LogP contribution < -0.4 is 5.73 Å². The predicted octanol–water partition coefficient (Wildman–Crippen LogP) is 2.20. The van der Waals surface area contributed by atoms with Crippen molar-refractivity contribution in [3.05, 3.63) is 71.8 Å². The van der Waals surface area contributed by atoms with Crippen LogP contribution in [0, 0.1) is 0 Å². The van der Waals surface area contributed by atoms with E-state index in [1.54, 1.807) is 6.21 Å². The lowest BCUT2D eigenvalue weighted by Crippen LogP contribution is -2.29. The average molecular weight is 252 g/mol. The summed E-state index contributed by atoms with van der Waals surface area (Å²) in [5.74, 6) is -0.406. The van der Waals surface area contributed by atoms with E-state index in [-0.39, 0.29) is 0 Å². The molecule has 0 spiro atoms. The molecule has 19 heavy (non-hydrogen) atoms. The summed E-state index contributed by atoms with van der Waals surface area (Å²) in [5.41, 5.74) is 7.41. The maximum Gasteiger partial charge on any atom is 0.242 e. The topological polar surface area (TPSA) is 55.5 Å². The molecular formula is C16H16N2O. The third-order valence-electron chi connectivity index (χ3n) is 2.80. The zero-order valence-corrected chi connectivity index (χ0v) is 10.6. The Hall–Kier alpha value is -2.42. The molecule has 1 atom stereocenters. The quantitative estimate of drug-likeness (QED) is 0.815. The van der Waals surface area contributed by atoms with Crippen LogP contribution in [0.5, 0.6) is 0 Å². The molecule has 0 saturated heterocycles. The number of benzene rings is 2. The minimum Gasteiger partial charge on any atom is -0.368 e. The molecule has 3 nitrogen and oxygen atoms in total. The highest BCUT2D eigenvalue weighted by Gasteiger charge is 2.13. The largest absolute Gasteiger partial charge is 0.368 e. The molecular weight excluding hydrogens is 236 g/mol. The van der Waals surface area contributed by atoms with Gasteiger partial charge in [0.1, 0.15) is 6.04 Å². The molecule has 0 saturated carbocycles. The number of nitrogens with zero attached hydrogens (tertiary/aromatic N) is 1. The number of aliphatic imine (C=N–C) groups is 1. The Morgan fingerprint density at radius 3 is 2.21 bits per heavy atom. The molecule has 0 aliphatic heterocycles. The summed E-state index contributed by atoms with van der Waals surface area (Å²) in [7, 11) is 0. The van der Waals surface area contributed by atoms with Gasteiger partial charge < -0.3 is 5.73 Å². The van der Waals surface area contributed by atoms with Gasteiger partial charge in [0.25, 0.3) is 0 Å². The highest BCUT2D eigenvalue weighted by Crippen LogP contribution is 2.06. The molecule has 3 heteroatoms. The van der Waals surface area contributed by atoms with E-state index in [1.165, 1.54) is 0 Å². The Balaban J connectivity index is 2.09. The number of hydrogen-bond acceptors (Lipinski definition) is 2. The second kappa shape index (κ2) is 6.50. The molecule has 0 heterocycles. The summed E-state index contributed by atoms with van der Waals surface area (Å²) in [6.45, 7) is 0. The first-order chi connectivity index (χ1) is 9.25. The predicted molar refractivity (Wildman–Crippen MR) is 77.2 cm³/mol. The van der Waals surface area contributed by atoms with Crippen molar-refractivity contribution in [1.29, 1.82) is 0 Å². The van der Waals surface area contributed by atoms with Crippen LogP contribution in [0.1, 0.15) is 11.1 Å². The molecule has 2 N–H and O–H groups in total. The lowest BCUT2D eigenvalue weighted by Gasteiger charge is -2.08. The van der Waals surface area contributed by atoms with Gasteiger partial charge in [-0.25, -0.2) is 0 Å². The first kappa shape index (κ1) is 13.0. The van der Waals surface area contributed by atoms with Gasteiger partial charge in [0.2, 0.25) is 5.91 Å². The number of amides is 1. The molecule has 96 valence electrons. The van der Waals surface area contributed by atoms with Crippen LogP contribution in [0.25, 0.3) is 0 Å². The lowest BCUT2D eigenvalue weighted by molar-refractivity contribution is -0.119. The van der Waals surface area contributed by atoms with Crippen LogP contribution in [-0.4, -0.2) is 18.2 Å². The van der Waals surface area contributed by atoms with Crippen LogP contribution in [0.15, 0.2) is 65.7 Å². The molecule has 0 bridgehead atoms. The molecule has 0 unspecified atom stereocenters. The van der Waals surface area contributed by atoms with Crippen LogP contribution in [0.3, 0.4) is 0 Å².